The van der Waals surface area contributed by atoms with Gasteiger partial charge in [0.15, 0.2) is 0 Å². The molecule has 9 heteroatoms. The van der Waals surface area contributed by atoms with Crippen molar-refractivity contribution in [2.75, 3.05) is 33.0 Å². The van der Waals surface area contributed by atoms with E-state index in [0.29, 0.717) is 12.1 Å². The highest BCUT2D eigenvalue weighted by atomic mass is 16.5. The predicted molar refractivity (Wildman–Crippen MR) is 117 cm³/mol. The van der Waals surface area contributed by atoms with Crippen molar-refractivity contribution in [1.29, 1.82) is 0 Å². The molecule has 0 aromatic carbocycles. The summed E-state index contributed by atoms with van der Waals surface area (Å²) in [5.41, 5.74) is 0.407. The van der Waals surface area contributed by atoms with Gasteiger partial charge in [0.1, 0.15) is 6.61 Å². The molecule has 9 nitrogen and oxygen atoms in total. The number of hydrogen-bond donors (Lipinski definition) is 3. The zero-order chi connectivity index (χ0) is 24.3. The fourth-order valence-corrected chi connectivity index (χ4v) is 3.57. The quantitative estimate of drug-likeness (QED) is 0.163. The third-order valence-electron chi connectivity index (χ3n) is 4.42. The number of carbonyl (C=O) groups excluding carboxylic acids is 3. The minimum atomic E-state index is -0.455. The van der Waals surface area contributed by atoms with E-state index >= 15 is 0 Å². The van der Waals surface area contributed by atoms with Crippen molar-refractivity contribution >= 4 is 18.1 Å². The maximum Gasteiger partial charge on any atom is 0.333 e. The Morgan fingerprint density at radius 3 is 2.06 bits per heavy atom. The van der Waals surface area contributed by atoms with Crippen molar-refractivity contribution in [2.24, 2.45) is 20.8 Å². The topological polar surface area (TPSA) is 146 Å². The van der Waals surface area contributed by atoms with Crippen LogP contribution in [0.1, 0.15) is 59.8 Å². The molecule has 0 amide bonds. The molecule has 0 aromatic rings. The fraction of sp³-hybridized carbons (Fsp3) is 0.773. The van der Waals surface area contributed by atoms with Crippen LogP contribution in [-0.2, 0) is 19.1 Å². The van der Waals surface area contributed by atoms with Gasteiger partial charge in [0.2, 0.25) is 12.2 Å². The minimum absolute atomic E-state index is 0.00750. The lowest BCUT2D eigenvalue weighted by molar-refractivity contribution is -0.139. The number of unbranched alkanes of at least 4 members (excludes halogenated alkanes) is 1. The third kappa shape index (κ3) is 17.2. The summed E-state index contributed by atoms with van der Waals surface area (Å²) in [4.78, 5) is 38.5. The lowest BCUT2D eigenvalue weighted by Crippen LogP contribution is -2.39. The Morgan fingerprint density at radius 1 is 1.06 bits per heavy atom. The van der Waals surface area contributed by atoms with Crippen LogP contribution in [0.5, 0.6) is 0 Å². The van der Waals surface area contributed by atoms with Crippen LogP contribution in [0, 0.1) is 10.8 Å². The maximum atomic E-state index is 10.5. The minimum Gasteiger partial charge on any atom is -0.460 e. The number of aliphatic hydroxyl groups is 3. The molecule has 0 saturated heterocycles. The van der Waals surface area contributed by atoms with Gasteiger partial charge < -0.3 is 20.1 Å². The standard InChI is InChI=1S/C12H18N2O2.C6H10O3.C4H10O2/c1-11(2)4-10(14-9-16)5-12(3,6-11)7-13-8-15;1-5(2)6(8)9-4-3-7;5-3-1-2-4-6/h10H,4-7H2,1-3H3;7H,1,3-4H2,2H3;5-6H,1-4H2. The van der Waals surface area contributed by atoms with Gasteiger partial charge >= 0.3 is 5.97 Å². The largest absolute Gasteiger partial charge is 0.460 e. The van der Waals surface area contributed by atoms with Crippen molar-refractivity contribution in [3.63, 3.8) is 0 Å². The first-order chi connectivity index (χ1) is 14.5. The Morgan fingerprint density at radius 2 is 1.65 bits per heavy atom. The van der Waals surface area contributed by atoms with E-state index in [-0.39, 0.29) is 43.3 Å². The predicted octanol–water partition coefficient (Wildman–Crippen LogP) is 2.09. The zero-order valence-electron chi connectivity index (χ0n) is 19.2. The second-order valence-electron chi connectivity index (χ2n) is 8.64. The molecule has 1 rings (SSSR count). The number of ether oxygens (including phenoxy) is 1. The van der Waals surface area contributed by atoms with Gasteiger partial charge in [-0.25, -0.2) is 24.4 Å². The molecule has 31 heavy (non-hydrogen) atoms. The molecule has 0 spiro atoms. The van der Waals surface area contributed by atoms with Crippen LogP contribution in [-0.4, -0.2) is 72.5 Å². The molecule has 0 aliphatic heterocycles. The summed E-state index contributed by atoms with van der Waals surface area (Å²) in [7, 11) is 0. The third-order valence-corrected chi connectivity index (χ3v) is 4.42. The summed E-state index contributed by atoms with van der Waals surface area (Å²) in [6.45, 7) is 12.1. The smallest absolute Gasteiger partial charge is 0.333 e. The summed E-state index contributed by atoms with van der Waals surface area (Å²) < 4.78 is 4.46. The summed E-state index contributed by atoms with van der Waals surface area (Å²) in [6.07, 6.45) is 7.32. The summed E-state index contributed by atoms with van der Waals surface area (Å²) in [5.74, 6) is -0.455. The van der Waals surface area contributed by atoms with Crippen LogP contribution in [0.15, 0.2) is 22.1 Å². The van der Waals surface area contributed by atoms with Gasteiger partial charge in [-0.05, 0) is 49.9 Å². The Bertz CT molecular complexity index is 619. The van der Waals surface area contributed by atoms with Gasteiger partial charge in [-0.2, -0.15) is 0 Å². The van der Waals surface area contributed by atoms with Gasteiger partial charge in [0, 0.05) is 18.8 Å². The average molecular weight is 443 g/mol. The number of nitrogens with zero attached hydrogens (tertiary/aromatic N) is 2. The molecular formula is C22H38N2O7. The molecule has 0 radical (unpaired) electrons. The lowest BCUT2D eigenvalue weighted by atomic mass is 9.63. The number of carbonyl (C=O) groups is 1. The molecule has 178 valence electrons. The monoisotopic (exact) mass is 442 g/mol. The van der Waals surface area contributed by atoms with Gasteiger partial charge in [-0.15, -0.1) is 0 Å². The van der Waals surface area contributed by atoms with Crippen molar-refractivity contribution in [3.05, 3.63) is 12.2 Å². The molecule has 1 saturated carbocycles. The van der Waals surface area contributed by atoms with E-state index in [1.54, 1.807) is 19.1 Å². The number of aliphatic hydroxyl groups excluding tert-OH is 3. The van der Waals surface area contributed by atoms with Gasteiger partial charge in [-0.3, -0.25) is 0 Å². The first-order valence-electron chi connectivity index (χ1n) is 10.3. The maximum absolute atomic E-state index is 10.5. The van der Waals surface area contributed by atoms with Gasteiger partial charge in [0.05, 0.1) is 19.2 Å². The van der Waals surface area contributed by atoms with Crippen molar-refractivity contribution < 1.29 is 34.4 Å². The van der Waals surface area contributed by atoms with E-state index in [0.717, 1.165) is 32.1 Å². The molecular weight excluding hydrogens is 404 g/mol. The van der Waals surface area contributed by atoms with Gasteiger partial charge in [0.25, 0.3) is 0 Å². The highest BCUT2D eigenvalue weighted by molar-refractivity contribution is 5.86. The summed E-state index contributed by atoms with van der Waals surface area (Å²) >= 11 is 0. The second kappa shape index (κ2) is 17.5. The van der Waals surface area contributed by atoms with Crippen LogP contribution in [0.2, 0.25) is 0 Å². The molecule has 1 fully saturated rings. The van der Waals surface area contributed by atoms with E-state index in [4.69, 9.17) is 15.3 Å². The number of isocyanates is 2. The first-order valence-corrected chi connectivity index (χ1v) is 10.3. The van der Waals surface area contributed by atoms with E-state index in [1.165, 1.54) is 0 Å². The van der Waals surface area contributed by atoms with E-state index < -0.39 is 5.97 Å². The molecule has 0 heterocycles. The number of esters is 1. The van der Waals surface area contributed by atoms with Gasteiger partial charge in [-0.1, -0.05) is 27.4 Å². The molecule has 2 unspecified atom stereocenters. The summed E-state index contributed by atoms with van der Waals surface area (Å²) in [6, 6.07) is 0.00750. The fourth-order valence-electron chi connectivity index (χ4n) is 3.57. The highest BCUT2D eigenvalue weighted by Crippen LogP contribution is 2.47. The van der Waals surface area contributed by atoms with E-state index in [2.05, 4.69) is 42.1 Å². The molecule has 1 aliphatic rings. The highest BCUT2D eigenvalue weighted by Gasteiger charge is 2.41. The number of rotatable bonds is 9. The number of hydrogen-bond acceptors (Lipinski definition) is 9. The van der Waals surface area contributed by atoms with Crippen molar-refractivity contribution in [3.8, 4) is 0 Å². The number of aliphatic imine (C=N–C) groups is 2. The van der Waals surface area contributed by atoms with Crippen LogP contribution in [0.3, 0.4) is 0 Å². The van der Waals surface area contributed by atoms with Crippen molar-refractivity contribution in [1.82, 2.24) is 0 Å². The Balaban J connectivity index is 0. The molecule has 3 N–H and O–H groups in total. The van der Waals surface area contributed by atoms with Crippen LogP contribution in [0.25, 0.3) is 0 Å². The average Bonchev–Trinajstić information content (AvgIpc) is 2.68. The molecule has 0 aromatic heterocycles. The molecule has 2 atom stereocenters. The Labute approximate surface area is 184 Å². The van der Waals surface area contributed by atoms with E-state index in [9.17, 15) is 14.4 Å². The summed E-state index contributed by atoms with van der Waals surface area (Å²) in [5, 5.41) is 24.4. The SMILES string of the molecule is C=C(C)C(=O)OCCO.CC1(C)CC(N=C=O)CC(C)(CN=C=O)C1.OCCCCO. The van der Waals surface area contributed by atoms with Crippen LogP contribution in [0.4, 0.5) is 0 Å². The zero-order valence-corrected chi connectivity index (χ0v) is 19.2. The Kier molecular flexibility index (Phi) is 17.5. The van der Waals surface area contributed by atoms with E-state index in [1.807, 2.05) is 0 Å². The second-order valence-corrected chi connectivity index (χ2v) is 8.64. The normalized spacial score (nSPS) is 20.9. The van der Waals surface area contributed by atoms with Crippen molar-refractivity contribution in [2.45, 2.75) is 65.8 Å². The van der Waals surface area contributed by atoms with Crippen LogP contribution >= 0.6 is 0 Å². The Hall–Kier alpha value is -2.15. The molecule has 0 bridgehead atoms. The van der Waals surface area contributed by atoms with Crippen LogP contribution < -0.4 is 0 Å². The molecule has 1 aliphatic carbocycles. The first kappa shape index (κ1) is 31.0. The lowest BCUT2D eigenvalue weighted by Gasteiger charge is -2.44.